The maximum Gasteiger partial charge on any atom is 0.115 e. The minimum Gasteiger partial charge on any atom is -0.508 e. The maximum absolute atomic E-state index is 8.63. The summed E-state index contributed by atoms with van der Waals surface area (Å²) in [4.78, 5) is 0. The molecule has 0 atom stereocenters. The first kappa shape index (κ1) is 19.6. The van der Waals surface area contributed by atoms with Crippen LogP contribution >= 0.6 is 0 Å². The van der Waals surface area contributed by atoms with Crippen molar-refractivity contribution in [1.29, 1.82) is 0 Å². The molecule has 0 bridgehead atoms. The summed E-state index contributed by atoms with van der Waals surface area (Å²) in [6, 6.07) is 26.1. The van der Waals surface area contributed by atoms with Gasteiger partial charge < -0.3 is 15.3 Å². The summed E-state index contributed by atoms with van der Waals surface area (Å²) in [6.07, 6.45) is 0. The molecule has 0 aliphatic rings. The van der Waals surface area contributed by atoms with Crippen LogP contribution in [-0.2, 0) is 0 Å². The number of para-hydroxylation sites is 3. The van der Waals surface area contributed by atoms with Crippen LogP contribution in [0.3, 0.4) is 0 Å². The van der Waals surface area contributed by atoms with Crippen LogP contribution < -0.4 is 0 Å². The fraction of sp³-hybridized carbons (Fsp3) is 0. The van der Waals surface area contributed by atoms with E-state index in [4.69, 9.17) is 15.3 Å². The van der Waals surface area contributed by atoms with Crippen LogP contribution in [-0.4, -0.2) is 32.7 Å². The predicted molar refractivity (Wildman–Crippen MR) is 90.1 cm³/mol. The second kappa shape index (κ2) is 12.3. The van der Waals surface area contributed by atoms with E-state index in [0.717, 1.165) is 0 Å². The van der Waals surface area contributed by atoms with Crippen LogP contribution in [0.1, 0.15) is 0 Å². The molecule has 22 heavy (non-hydrogen) atoms. The highest BCUT2D eigenvalue weighted by molar-refractivity contribution is 5.75. The van der Waals surface area contributed by atoms with Crippen molar-refractivity contribution in [3.63, 3.8) is 0 Å². The van der Waals surface area contributed by atoms with E-state index in [0.29, 0.717) is 17.2 Å². The lowest BCUT2D eigenvalue weighted by Gasteiger charge is -1.82. The lowest BCUT2D eigenvalue weighted by atomic mass is 10.3. The maximum atomic E-state index is 8.63. The first-order chi connectivity index (χ1) is 10.2. The van der Waals surface area contributed by atoms with Gasteiger partial charge in [-0.25, -0.2) is 0 Å². The van der Waals surface area contributed by atoms with Gasteiger partial charge in [-0.3, -0.25) is 0 Å². The molecule has 3 rings (SSSR count). The van der Waals surface area contributed by atoms with Gasteiger partial charge in [-0.15, -0.1) is 0 Å². The molecule has 0 amide bonds. The Morgan fingerprint density at radius 3 is 0.636 bits per heavy atom. The zero-order valence-electron chi connectivity index (χ0n) is 12.1. The Balaban J connectivity index is 0.000000294. The van der Waals surface area contributed by atoms with E-state index in [1.54, 1.807) is 72.8 Å². The molecule has 0 aromatic heterocycles. The molecule has 0 unspecified atom stereocenters. The number of hydrogen-bond acceptors (Lipinski definition) is 3. The Hall–Kier alpha value is -2.41. The summed E-state index contributed by atoms with van der Waals surface area (Å²) < 4.78 is 0. The summed E-state index contributed by atoms with van der Waals surface area (Å²) in [5.74, 6) is 0.965. The zero-order valence-corrected chi connectivity index (χ0v) is 13.2. The Bertz CT molecular complexity index is 497. The highest BCUT2D eigenvalue weighted by Crippen LogP contribution is 2.04. The van der Waals surface area contributed by atoms with Gasteiger partial charge in [-0.1, -0.05) is 54.6 Å². The Kier molecular flexibility index (Phi) is 11.0. The Labute approximate surface area is 141 Å². The molecule has 0 spiro atoms. The molecule has 111 valence electrons. The van der Waals surface area contributed by atoms with Gasteiger partial charge in [0.15, 0.2) is 0 Å². The van der Waals surface area contributed by atoms with Crippen LogP contribution in [0, 0.1) is 0 Å². The van der Waals surface area contributed by atoms with Gasteiger partial charge >= 0.3 is 0 Å². The van der Waals surface area contributed by atoms with Crippen LogP contribution in [0.5, 0.6) is 17.2 Å². The van der Waals surface area contributed by atoms with E-state index in [9.17, 15) is 0 Å². The van der Waals surface area contributed by atoms with Crippen molar-refractivity contribution in [2.45, 2.75) is 0 Å². The smallest absolute Gasteiger partial charge is 0.115 e. The third-order valence-electron chi connectivity index (χ3n) is 2.27. The third kappa shape index (κ3) is 10.4. The lowest BCUT2D eigenvalue weighted by molar-refractivity contribution is 0.475. The molecule has 3 nitrogen and oxygen atoms in total. The average Bonchev–Trinajstić information content (AvgIpc) is 2.51. The number of rotatable bonds is 0. The van der Waals surface area contributed by atoms with Crippen LogP contribution in [0.4, 0.5) is 0 Å². The van der Waals surface area contributed by atoms with E-state index in [-0.39, 0.29) is 17.4 Å². The molecule has 3 radical (unpaired) electrons. The summed E-state index contributed by atoms with van der Waals surface area (Å²) in [7, 11) is 0. The van der Waals surface area contributed by atoms with E-state index in [2.05, 4.69) is 0 Å². The van der Waals surface area contributed by atoms with E-state index in [1.165, 1.54) is 0 Å². The first-order valence-electron chi connectivity index (χ1n) is 6.40. The molecule has 3 aromatic carbocycles. The molecule has 3 aromatic rings. The Morgan fingerprint density at radius 1 is 0.364 bits per heavy atom. The highest BCUT2D eigenvalue weighted by Gasteiger charge is 1.76. The molecule has 0 aliphatic heterocycles. The molecule has 0 aliphatic carbocycles. The second-order valence-corrected chi connectivity index (χ2v) is 4.01. The summed E-state index contributed by atoms with van der Waals surface area (Å²) in [5, 5.41) is 25.9. The van der Waals surface area contributed by atoms with Gasteiger partial charge in [0.25, 0.3) is 0 Å². The average molecular weight is 309 g/mol. The number of phenols is 3. The summed E-state index contributed by atoms with van der Waals surface area (Å²) in [5.41, 5.74) is 0. The molecular formula is C18H18AlO3. The van der Waals surface area contributed by atoms with Crippen LogP contribution in [0.2, 0.25) is 0 Å². The third-order valence-corrected chi connectivity index (χ3v) is 2.27. The molecular weight excluding hydrogens is 291 g/mol. The van der Waals surface area contributed by atoms with Crippen molar-refractivity contribution < 1.29 is 15.3 Å². The highest BCUT2D eigenvalue weighted by atomic mass is 27.0. The first-order valence-corrected chi connectivity index (χ1v) is 6.40. The summed E-state index contributed by atoms with van der Waals surface area (Å²) >= 11 is 0. The van der Waals surface area contributed by atoms with E-state index < -0.39 is 0 Å². The quantitative estimate of drug-likeness (QED) is 0.554. The van der Waals surface area contributed by atoms with Gasteiger partial charge in [0.2, 0.25) is 0 Å². The molecule has 3 N–H and O–H groups in total. The minimum absolute atomic E-state index is 0. The molecule has 0 fully saturated rings. The van der Waals surface area contributed by atoms with Gasteiger partial charge in [0.1, 0.15) is 17.2 Å². The van der Waals surface area contributed by atoms with E-state index >= 15 is 0 Å². The SMILES string of the molecule is Oc1ccccc1.Oc1ccccc1.Oc1ccccc1.[Al]. The van der Waals surface area contributed by atoms with Gasteiger partial charge in [-0.05, 0) is 36.4 Å². The minimum atomic E-state index is 0. The molecule has 0 saturated carbocycles. The fourth-order valence-electron chi connectivity index (χ4n) is 1.28. The monoisotopic (exact) mass is 309 g/mol. The van der Waals surface area contributed by atoms with Gasteiger partial charge in [-0.2, -0.15) is 0 Å². The molecule has 0 saturated heterocycles. The summed E-state index contributed by atoms with van der Waals surface area (Å²) in [6.45, 7) is 0. The van der Waals surface area contributed by atoms with Crippen molar-refractivity contribution in [3.8, 4) is 17.2 Å². The number of aromatic hydroxyl groups is 3. The van der Waals surface area contributed by atoms with Crippen molar-refractivity contribution >= 4 is 17.4 Å². The normalized spacial score (nSPS) is 8.18. The largest absolute Gasteiger partial charge is 0.508 e. The van der Waals surface area contributed by atoms with Crippen LogP contribution in [0.15, 0.2) is 91.0 Å². The number of benzene rings is 3. The van der Waals surface area contributed by atoms with Crippen molar-refractivity contribution in [3.05, 3.63) is 91.0 Å². The predicted octanol–water partition coefficient (Wildman–Crippen LogP) is 3.80. The number of hydrogen-bond donors (Lipinski definition) is 3. The zero-order chi connectivity index (χ0) is 15.3. The van der Waals surface area contributed by atoms with Gasteiger partial charge in [0, 0.05) is 17.4 Å². The Morgan fingerprint density at radius 2 is 0.545 bits per heavy atom. The van der Waals surface area contributed by atoms with Crippen molar-refractivity contribution in [1.82, 2.24) is 0 Å². The lowest BCUT2D eigenvalue weighted by Crippen LogP contribution is -1.56. The van der Waals surface area contributed by atoms with Gasteiger partial charge in [0.05, 0.1) is 0 Å². The fourth-order valence-corrected chi connectivity index (χ4v) is 1.28. The second-order valence-electron chi connectivity index (χ2n) is 4.01. The number of phenolic OH excluding ortho intramolecular Hbond substituents is 3. The van der Waals surface area contributed by atoms with Crippen molar-refractivity contribution in [2.24, 2.45) is 0 Å². The standard InChI is InChI=1S/3C6H6O.Al/c3*7-6-4-2-1-3-5-6;/h3*1-5,7H;. The van der Waals surface area contributed by atoms with Crippen molar-refractivity contribution in [2.75, 3.05) is 0 Å². The topological polar surface area (TPSA) is 60.7 Å². The molecule has 4 heteroatoms. The van der Waals surface area contributed by atoms with E-state index in [1.807, 2.05) is 18.2 Å². The van der Waals surface area contributed by atoms with Crippen LogP contribution in [0.25, 0.3) is 0 Å². The molecule has 0 heterocycles.